The summed E-state index contributed by atoms with van der Waals surface area (Å²) in [4.78, 5) is 10.6. The van der Waals surface area contributed by atoms with Gasteiger partial charge in [0.15, 0.2) is 6.17 Å². The van der Waals surface area contributed by atoms with Crippen LogP contribution in [0.1, 0.15) is 72.1 Å². The third-order valence-corrected chi connectivity index (χ3v) is 6.06. The molecule has 1 aliphatic carbocycles. The molecule has 1 aliphatic heterocycles. The van der Waals surface area contributed by atoms with Crippen molar-refractivity contribution in [3.05, 3.63) is 24.0 Å². The summed E-state index contributed by atoms with van der Waals surface area (Å²) < 4.78 is 20.7. The molecule has 6 heteroatoms. The maximum Gasteiger partial charge on any atom is 0.303 e. The summed E-state index contributed by atoms with van der Waals surface area (Å²) in [5, 5.41) is 19.2. The number of hydrogen-bond acceptors (Lipinski definition) is 3. The quantitative estimate of drug-likeness (QED) is 0.316. The number of carboxylic acid groups (broad SMARTS) is 1. The Labute approximate surface area is 190 Å². The molecule has 0 bridgehead atoms. The molecule has 2 rings (SSSR count). The second-order valence-corrected chi connectivity index (χ2v) is 8.69. The molecule has 28 heavy (non-hydrogen) atoms. The van der Waals surface area contributed by atoms with E-state index in [0.717, 1.165) is 32.1 Å². The van der Waals surface area contributed by atoms with Crippen LogP contribution in [0, 0.1) is 17.3 Å². The Morgan fingerprint density at radius 2 is 2.07 bits per heavy atom. The second-order valence-electron chi connectivity index (χ2n) is 8.69. The van der Waals surface area contributed by atoms with Crippen molar-refractivity contribution in [1.82, 2.24) is 0 Å². The van der Waals surface area contributed by atoms with Gasteiger partial charge in [0.2, 0.25) is 0 Å². The Morgan fingerprint density at radius 1 is 1.36 bits per heavy atom. The summed E-state index contributed by atoms with van der Waals surface area (Å²) in [6.07, 6.45) is 9.74. The minimum absolute atomic E-state index is 0. The largest absolute Gasteiger partial charge is 0.492 e. The van der Waals surface area contributed by atoms with Gasteiger partial charge in [-0.2, -0.15) is 0 Å². The van der Waals surface area contributed by atoms with E-state index in [1.54, 1.807) is 6.08 Å². The number of alkyl halides is 1. The molecule has 1 saturated carbocycles. The number of carboxylic acids is 1. The summed E-state index contributed by atoms with van der Waals surface area (Å²) in [6, 6.07) is 0. The molecule has 155 valence electrons. The van der Waals surface area contributed by atoms with Gasteiger partial charge in [-0.15, -0.1) is 0 Å². The Bertz CT molecular complexity index is 561. The van der Waals surface area contributed by atoms with Crippen molar-refractivity contribution in [2.75, 3.05) is 0 Å². The molecule has 5 atom stereocenters. The van der Waals surface area contributed by atoms with E-state index in [9.17, 15) is 14.3 Å². The molecule has 1 radical (unpaired) electrons. The van der Waals surface area contributed by atoms with Crippen molar-refractivity contribution in [1.29, 1.82) is 0 Å². The number of carbonyl (C=O) groups is 1. The molecule has 0 spiro atoms. The molecule has 0 aromatic carbocycles. The molecule has 4 nitrogen and oxygen atoms in total. The number of fused-ring (bicyclic) bond motifs is 1. The number of unbranched alkanes of at least 4 members (excludes halogenated alkanes) is 2. The number of aliphatic hydroxyl groups excluding tert-OH is 1. The van der Waals surface area contributed by atoms with Gasteiger partial charge in [-0.3, -0.25) is 4.79 Å². The van der Waals surface area contributed by atoms with Crippen molar-refractivity contribution in [2.45, 2.75) is 90.5 Å². The van der Waals surface area contributed by atoms with Crippen LogP contribution in [0.4, 0.5) is 4.39 Å². The molecule has 2 N–H and O–H groups in total. The summed E-state index contributed by atoms with van der Waals surface area (Å²) in [5.74, 6) is -0.582. The SMILES string of the molecule is CCCCC(C)(C)[C@H](O)C=C[C@H]1CC[C@@H]2OC(=CCCCC(=O)O)C(F)[C@@H]21.[Na]. The third-order valence-electron chi connectivity index (χ3n) is 6.06. The molecule has 1 heterocycles. The number of ether oxygens (including phenoxy) is 1. The second kappa shape index (κ2) is 11.7. The van der Waals surface area contributed by atoms with Crippen LogP contribution >= 0.6 is 0 Å². The zero-order valence-electron chi connectivity index (χ0n) is 17.9. The molecule has 1 saturated heterocycles. The van der Waals surface area contributed by atoms with Crippen molar-refractivity contribution in [3.8, 4) is 0 Å². The van der Waals surface area contributed by atoms with E-state index in [4.69, 9.17) is 9.84 Å². The van der Waals surface area contributed by atoms with Gasteiger partial charge >= 0.3 is 5.97 Å². The van der Waals surface area contributed by atoms with Crippen LogP contribution in [0.3, 0.4) is 0 Å². The smallest absolute Gasteiger partial charge is 0.303 e. The average Bonchev–Trinajstić information content (AvgIpc) is 3.15. The first-order valence-electron chi connectivity index (χ1n) is 10.3. The van der Waals surface area contributed by atoms with Crippen LogP contribution in [0.25, 0.3) is 0 Å². The molecule has 0 amide bonds. The number of rotatable bonds is 10. The molecule has 2 fully saturated rings. The van der Waals surface area contributed by atoms with Gasteiger partial charge in [-0.25, -0.2) is 4.39 Å². The number of aliphatic carboxylic acids is 1. The minimum Gasteiger partial charge on any atom is -0.492 e. The maximum atomic E-state index is 14.9. The van der Waals surface area contributed by atoms with Crippen LogP contribution in [0.15, 0.2) is 24.0 Å². The van der Waals surface area contributed by atoms with Crippen molar-refractivity contribution in [3.63, 3.8) is 0 Å². The van der Waals surface area contributed by atoms with E-state index < -0.39 is 18.2 Å². The maximum absolute atomic E-state index is 14.9. The predicted octanol–water partition coefficient (Wildman–Crippen LogP) is 4.64. The zero-order chi connectivity index (χ0) is 20.0. The molecule has 0 aromatic heterocycles. The molecular weight excluding hydrogens is 370 g/mol. The summed E-state index contributed by atoms with van der Waals surface area (Å²) in [6.45, 7) is 6.29. The Morgan fingerprint density at radius 3 is 2.71 bits per heavy atom. The van der Waals surface area contributed by atoms with Gasteiger partial charge in [-0.05, 0) is 49.5 Å². The van der Waals surface area contributed by atoms with Gasteiger partial charge in [0, 0.05) is 41.9 Å². The van der Waals surface area contributed by atoms with Crippen LogP contribution in [-0.4, -0.2) is 64.1 Å². The third kappa shape index (κ3) is 6.86. The monoisotopic (exact) mass is 405 g/mol. The first-order chi connectivity index (χ1) is 12.8. The van der Waals surface area contributed by atoms with Gasteiger partial charge in [0.25, 0.3) is 0 Å². The normalized spacial score (nSPS) is 29.5. The van der Waals surface area contributed by atoms with Crippen LogP contribution in [0.5, 0.6) is 0 Å². The van der Waals surface area contributed by atoms with E-state index in [1.807, 2.05) is 12.2 Å². The molecule has 2 aliphatic rings. The van der Waals surface area contributed by atoms with E-state index in [0.29, 0.717) is 18.6 Å². The number of hydrogen-bond donors (Lipinski definition) is 2. The van der Waals surface area contributed by atoms with Gasteiger partial charge < -0.3 is 14.9 Å². The van der Waals surface area contributed by atoms with Crippen molar-refractivity contribution in [2.24, 2.45) is 17.3 Å². The standard InChI is InChI=1S/C22H35FO4.Na/c1-4-5-14-22(2,3)18(24)13-11-15-10-12-16-20(15)21(23)17(27-16)8-6-7-9-19(25)26;/h8,11,13,15-16,18,20-21,24H,4-7,9-10,12,14H2,1-3H3,(H,25,26);/t15-,16+,18-,20-,21?;/m1./s1. The van der Waals surface area contributed by atoms with Gasteiger partial charge in [-0.1, -0.05) is 45.8 Å². The van der Waals surface area contributed by atoms with Crippen LogP contribution in [0.2, 0.25) is 0 Å². The zero-order valence-corrected chi connectivity index (χ0v) is 19.9. The first kappa shape index (κ1) is 25.7. The molecular formula is C22H35FNaO4. The Hall–Kier alpha value is -0.360. The minimum atomic E-state index is -1.14. The fourth-order valence-corrected chi connectivity index (χ4v) is 4.16. The van der Waals surface area contributed by atoms with E-state index in [1.165, 1.54) is 0 Å². The molecule has 0 aromatic rings. The molecule has 1 unspecified atom stereocenters. The summed E-state index contributed by atoms with van der Waals surface area (Å²) in [7, 11) is 0. The Balaban J connectivity index is 0.00000392. The fourth-order valence-electron chi connectivity index (χ4n) is 4.16. The van der Waals surface area contributed by atoms with Crippen molar-refractivity contribution >= 4 is 35.5 Å². The fraction of sp³-hybridized carbons (Fsp3) is 0.773. The summed E-state index contributed by atoms with van der Waals surface area (Å²) >= 11 is 0. The van der Waals surface area contributed by atoms with Crippen molar-refractivity contribution < 1.29 is 24.1 Å². The van der Waals surface area contributed by atoms with E-state index >= 15 is 0 Å². The van der Waals surface area contributed by atoms with Gasteiger partial charge in [0.05, 0.1) is 6.10 Å². The predicted molar refractivity (Wildman–Crippen MR) is 110 cm³/mol. The number of halogens is 1. The number of aliphatic hydroxyl groups is 1. The van der Waals surface area contributed by atoms with Crippen LogP contribution < -0.4 is 0 Å². The number of allylic oxidation sites excluding steroid dienone is 3. The van der Waals surface area contributed by atoms with Crippen LogP contribution in [-0.2, 0) is 9.53 Å². The van der Waals surface area contributed by atoms with E-state index in [-0.39, 0.29) is 59.3 Å². The Kier molecular flexibility index (Phi) is 10.8. The average molecular weight is 406 g/mol. The first-order valence-corrected chi connectivity index (χ1v) is 10.3. The summed E-state index contributed by atoms with van der Waals surface area (Å²) in [5.41, 5.74) is -0.180. The van der Waals surface area contributed by atoms with E-state index in [2.05, 4.69) is 20.8 Å². The van der Waals surface area contributed by atoms with Gasteiger partial charge in [0.1, 0.15) is 11.9 Å². The topological polar surface area (TPSA) is 66.8 Å².